The number of nitro groups is 1. The van der Waals surface area contributed by atoms with Crippen LogP contribution in [0.2, 0.25) is 0 Å². The molecule has 26 heavy (non-hydrogen) atoms. The van der Waals surface area contributed by atoms with E-state index in [1.165, 1.54) is 0 Å². The predicted molar refractivity (Wildman–Crippen MR) is 102 cm³/mol. The van der Waals surface area contributed by atoms with E-state index in [0.717, 1.165) is 73.6 Å². The lowest BCUT2D eigenvalue weighted by Crippen LogP contribution is -2.28. The molecule has 7 nitrogen and oxygen atoms in total. The molecule has 1 aliphatic rings. The standard InChI is InChI=1S/C19H25N5O2/c1-3-23(4-2)11-10-20-18-12-15-7-5-6-14-8-9-16(24(25)26)13-17(14)19(15)22-21-18/h8-9,12-13H,3-7,10-11H2,1-2H3,(H,20,21). The van der Waals surface area contributed by atoms with Crippen molar-refractivity contribution in [3.8, 4) is 11.3 Å². The lowest BCUT2D eigenvalue weighted by Gasteiger charge is -2.18. The summed E-state index contributed by atoms with van der Waals surface area (Å²) in [5.74, 6) is 0.768. The van der Waals surface area contributed by atoms with Gasteiger partial charge in [0.1, 0.15) is 5.82 Å². The van der Waals surface area contributed by atoms with Gasteiger partial charge in [-0.25, -0.2) is 0 Å². The summed E-state index contributed by atoms with van der Waals surface area (Å²) < 4.78 is 0. The van der Waals surface area contributed by atoms with E-state index in [0.29, 0.717) is 0 Å². The maximum absolute atomic E-state index is 11.1. The minimum absolute atomic E-state index is 0.0971. The van der Waals surface area contributed by atoms with Crippen LogP contribution < -0.4 is 5.32 Å². The molecule has 1 heterocycles. The zero-order chi connectivity index (χ0) is 18.5. The summed E-state index contributed by atoms with van der Waals surface area (Å²) in [4.78, 5) is 13.1. The average molecular weight is 355 g/mol. The third kappa shape index (κ3) is 3.99. The number of rotatable bonds is 7. The van der Waals surface area contributed by atoms with Crippen LogP contribution in [0.5, 0.6) is 0 Å². The Balaban J connectivity index is 1.82. The fourth-order valence-electron chi connectivity index (χ4n) is 3.40. The van der Waals surface area contributed by atoms with E-state index in [9.17, 15) is 10.1 Å². The van der Waals surface area contributed by atoms with E-state index < -0.39 is 0 Å². The van der Waals surface area contributed by atoms with Crippen molar-refractivity contribution in [3.63, 3.8) is 0 Å². The van der Waals surface area contributed by atoms with Gasteiger partial charge in [-0.15, -0.1) is 10.2 Å². The lowest BCUT2D eigenvalue weighted by atomic mass is 10.0. The number of anilines is 1. The van der Waals surface area contributed by atoms with Gasteiger partial charge in [0.05, 0.1) is 10.6 Å². The number of nitro benzene ring substituents is 1. The molecule has 138 valence electrons. The van der Waals surface area contributed by atoms with Crippen molar-refractivity contribution in [2.45, 2.75) is 33.1 Å². The number of fused-ring (bicyclic) bond motifs is 3. The molecule has 3 rings (SSSR count). The molecule has 1 aromatic carbocycles. The van der Waals surface area contributed by atoms with Gasteiger partial charge in [-0.3, -0.25) is 10.1 Å². The first-order chi connectivity index (χ1) is 12.6. The summed E-state index contributed by atoms with van der Waals surface area (Å²) in [6, 6.07) is 7.08. The SMILES string of the molecule is CCN(CC)CCNc1cc2c(nn1)-c1cc([N+](=O)[O-])ccc1CCC2. The van der Waals surface area contributed by atoms with Crippen LogP contribution >= 0.6 is 0 Å². The monoisotopic (exact) mass is 355 g/mol. The Morgan fingerprint density at radius 2 is 1.92 bits per heavy atom. The Bertz CT molecular complexity index is 789. The van der Waals surface area contributed by atoms with Crippen molar-refractivity contribution in [2.75, 3.05) is 31.5 Å². The number of hydrogen-bond donors (Lipinski definition) is 1. The molecular formula is C19H25N5O2. The van der Waals surface area contributed by atoms with Crippen molar-refractivity contribution < 1.29 is 4.92 Å². The van der Waals surface area contributed by atoms with Crippen molar-refractivity contribution >= 4 is 11.5 Å². The molecular weight excluding hydrogens is 330 g/mol. The van der Waals surface area contributed by atoms with E-state index in [1.807, 2.05) is 12.1 Å². The number of aromatic nitrogens is 2. The molecule has 1 aliphatic carbocycles. The lowest BCUT2D eigenvalue weighted by molar-refractivity contribution is -0.384. The van der Waals surface area contributed by atoms with Gasteiger partial charge in [-0.05, 0) is 49.5 Å². The summed E-state index contributed by atoms with van der Waals surface area (Å²) >= 11 is 0. The number of benzene rings is 1. The molecule has 0 saturated carbocycles. The molecule has 0 amide bonds. The number of nitrogens with one attached hydrogen (secondary N) is 1. The average Bonchev–Trinajstić information content (AvgIpc) is 2.83. The van der Waals surface area contributed by atoms with Gasteiger partial charge in [0.15, 0.2) is 0 Å². The largest absolute Gasteiger partial charge is 0.367 e. The van der Waals surface area contributed by atoms with Gasteiger partial charge in [0.2, 0.25) is 0 Å². The van der Waals surface area contributed by atoms with E-state index in [1.54, 1.807) is 12.1 Å². The Kier molecular flexibility index (Phi) is 5.78. The molecule has 7 heteroatoms. The molecule has 0 atom stereocenters. The van der Waals surface area contributed by atoms with Crippen molar-refractivity contribution in [1.29, 1.82) is 0 Å². The number of hydrogen-bond acceptors (Lipinski definition) is 6. The highest BCUT2D eigenvalue weighted by molar-refractivity contribution is 5.71. The minimum atomic E-state index is -0.360. The molecule has 0 radical (unpaired) electrons. The molecule has 1 aromatic heterocycles. The molecule has 0 aliphatic heterocycles. The maximum atomic E-state index is 11.1. The van der Waals surface area contributed by atoms with Crippen LogP contribution in [0, 0.1) is 10.1 Å². The minimum Gasteiger partial charge on any atom is -0.367 e. The quantitative estimate of drug-likeness (QED) is 0.606. The summed E-state index contributed by atoms with van der Waals surface area (Å²) in [6.45, 7) is 8.15. The Hall–Kier alpha value is -2.54. The van der Waals surface area contributed by atoms with Crippen molar-refractivity contribution in [3.05, 3.63) is 45.5 Å². The Morgan fingerprint density at radius 1 is 1.15 bits per heavy atom. The van der Waals surface area contributed by atoms with Crippen molar-refractivity contribution in [1.82, 2.24) is 15.1 Å². The fourth-order valence-corrected chi connectivity index (χ4v) is 3.40. The molecule has 0 bridgehead atoms. The van der Waals surface area contributed by atoms with Crippen LogP contribution in [0.25, 0.3) is 11.3 Å². The molecule has 0 fully saturated rings. The maximum Gasteiger partial charge on any atom is 0.270 e. The highest BCUT2D eigenvalue weighted by Gasteiger charge is 2.20. The highest BCUT2D eigenvalue weighted by Crippen LogP contribution is 2.33. The van der Waals surface area contributed by atoms with Crippen LogP contribution in [0.3, 0.4) is 0 Å². The second kappa shape index (κ2) is 8.23. The Morgan fingerprint density at radius 3 is 2.65 bits per heavy atom. The van der Waals surface area contributed by atoms with E-state index in [-0.39, 0.29) is 10.6 Å². The number of nitrogens with zero attached hydrogens (tertiary/aromatic N) is 4. The van der Waals surface area contributed by atoms with Gasteiger partial charge in [0, 0.05) is 30.8 Å². The summed E-state index contributed by atoms with van der Waals surface area (Å²) in [5.41, 5.74) is 3.92. The molecule has 0 spiro atoms. The zero-order valence-corrected chi connectivity index (χ0v) is 15.4. The van der Waals surface area contributed by atoms with Gasteiger partial charge in [-0.2, -0.15) is 0 Å². The third-order valence-corrected chi connectivity index (χ3v) is 4.95. The molecule has 0 unspecified atom stereocenters. The smallest absolute Gasteiger partial charge is 0.270 e. The topological polar surface area (TPSA) is 84.2 Å². The van der Waals surface area contributed by atoms with E-state index in [4.69, 9.17) is 0 Å². The summed E-state index contributed by atoms with van der Waals surface area (Å²) in [7, 11) is 0. The number of likely N-dealkylation sites (N-methyl/N-ethyl adjacent to an activating group) is 1. The fraction of sp³-hybridized carbons (Fsp3) is 0.474. The van der Waals surface area contributed by atoms with Crippen LogP contribution in [0.1, 0.15) is 31.4 Å². The zero-order valence-electron chi connectivity index (χ0n) is 15.4. The van der Waals surface area contributed by atoms with Crippen LogP contribution in [0.4, 0.5) is 11.5 Å². The summed E-state index contributed by atoms with van der Waals surface area (Å²) in [6.07, 6.45) is 2.80. The normalized spacial score (nSPS) is 13.0. The van der Waals surface area contributed by atoms with Crippen LogP contribution in [0.15, 0.2) is 24.3 Å². The van der Waals surface area contributed by atoms with E-state index in [2.05, 4.69) is 34.3 Å². The second-order valence-corrected chi connectivity index (χ2v) is 6.51. The van der Waals surface area contributed by atoms with Crippen molar-refractivity contribution in [2.24, 2.45) is 0 Å². The van der Waals surface area contributed by atoms with Crippen LogP contribution in [-0.2, 0) is 12.8 Å². The van der Waals surface area contributed by atoms with Gasteiger partial charge in [0.25, 0.3) is 5.69 Å². The first kappa shape index (κ1) is 18.3. The number of aryl methyl sites for hydroxylation is 2. The molecule has 0 saturated heterocycles. The van der Waals surface area contributed by atoms with Gasteiger partial charge < -0.3 is 10.2 Å². The molecule has 2 aromatic rings. The Labute approximate surface area is 153 Å². The van der Waals surface area contributed by atoms with Crippen LogP contribution in [-0.4, -0.2) is 46.2 Å². The van der Waals surface area contributed by atoms with E-state index >= 15 is 0 Å². The highest BCUT2D eigenvalue weighted by atomic mass is 16.6. The number of non-ortho nitro benzene ring substituents is 1. The predicted octanol–water partition coefficient (Wildman–Crippen LogP) is 3.29. The molecule has 1 N–H and O–H groups in total. The van der Waals surface area contributed by atoms with Gasteiger partial charge >= 0.3 is 0 Å². The first-order valence-corrected chi connectivity index (χ1v) is 9.22. The first-order valence-electron chi connectivity index (χ1n) is 9.22. The summed E-state index contributed by atoms with van der Waals surface area (Å²) in [5, 5.41) is 23.2. The second-order valence-electron chi connectivity index (χ2n) is 6.51. The van der Waals surface area contributed by atoms with Gasteiger partial charge in [-0.1, -0.05) is 19.9 Å². The third-order valence-electron chi connectivity index (χ3n) is 4.95.